The van der Waals surface area contributed by atoms with Crippen LogP contribution in [0.2, 0.25) is 0 Å². The van der Waals surface area contributed by atoms with Gasteiger partial charge in [0.2, 0.25) is 0 Å². The van der Waals surface area contributed by atoms with E-state index in [1.165, 1.54) is 30.5 Å². The third-order valence-corrected chi connectivity index (χ3v) is 2.73. The highest BCUT2D eigenvalue weighted by Crippen LogP contribution is 2.27. The summed E-state index contributed by atoms with van der Waals surface area (Å²) in [5, 5.41) is 3.44. The first-order chi connectivity index (χ1) is 6.92. The van der Waals surface area contributed by atoms with Gasteiger partial charge in [-0.25, -0.2) is 0 Å². The lowest BCUT2D eigenvalue weighted by atomic mass is 9.92. The number of fused-ring (bicyclic) bond motifs is 1. The van der Waals surface area contributed by atoms with Crippen molar-refractivity contribution in [2.45, 2.75) is 25.3 Å². The predicted octanol–water partition coefficient (Wildman–Crippen LogP) is 1.59. The predicted molar refractivity (Wildman–Crippen MR) is 67.3 cm³/mol. The average Bonchev–Trinajstić information content (AvgIpc) is 2.26. The molecule has 0 saturated heterocycles. The molecule has 15 heavy (non-hydrogen) atoms. The van der Waals surface area contributed by atoms with Crippen molar-refractivity contribution in [1.29, 1.82) is 0 Å². The summed E-state index contributed by atoms with van der Waals surface area (Å²) in [7, 11) is 0. The number of pyridine rings is 1. The van der Waals surface area contributed by atoms with Crippen LogP contribution in [-0.4, -0.2) is 18.1 Å². The van der Waals surface area contributed by atoms with Crippen molar-refractivity contribution < 1.29 is 0 Å². The van der Waals surface area contributed by atoms with E-state index in [2.05, 4.69) is 16.4 Å². The topological polar surface area (TPSA) is 50.9 Å². The van der Waals surface area contributed by atoms with E-state index in [-0.39, 0.29) is 17.0 Å². The lowest BCUT2D eigenvalue weighted by molar-refractivity contribution is 0.454. The van der Waals surface area contributed by atoms with Crippen LogP contribution in [0, 0.1) is 0 Å². The van der Waals surface area contributed by atoms with Crippen LogP contribution in [0.1, 0.15) is 30.1 Å². The molecule has 2 rings (SSSR count). The maximum Gasteiger partial charge on any atom is 0.0605 e. The normalized spacial score (nSPS) is 19.1. The highest BCUT2D eigenvalue weighted by atomic mass is 79.9. The third kappa shape index (κ3) is 3.00. The fraction of sp³-hybridized carbons (Fsp3) is 0.545. The molecule has 1 aromatic heterocycles. The van der Waals surface area contributed by atoms with Gasteiger partial charge in [0, 0.05) is 25.3 Å². The number of hydrogen-bond acceptors (Lipinski definition) is 3. The van der Waals surface area contributed by atoms with E-state index in [4.69, 9.17) is 5.73 Å². The summed E-state index contributed by atoms with van der Waals surface area (Å²) in [6.45, 7) is 1.57. The molecule has 0 aliphatic heterocycles. The zero-order valence-corrected chi connectivity index (χ0v) is 10.5. The van der Waals surface area contributed by atoms with E-state index in [0.717, 1.165) is 6.54 Å². The van der Waals surface area contributed by atoms with Gasteiger partial charge in [0.1, 0.15) is 0 Å². The second-order valence-corrected chi connectivity index (χ2v) is 3.74. The summed E-state index contributed by atoms with van der Waals surface area (Å²) >= 11 is 0. The van der Waals surface area contributed by atoms with Crippen molar-refractivity contribution in [3.05, 3.63) is 29.6 Å². The van der Waals surface area contributed by atoms with E-state index in [1.54, 1.807) is 0 Å². The van der Waals surface area contributed by atoms with Gasteiger partial charge in [0.25, 0.3) is 0 Å². The number of nitrogens with two attached hydrogens (primary N) is 1. The number of aromatic nitrogens is 1. The van der Waals surface area contributed by atoms with E-state index in [9.17, 15) is 0 Å². The van der Waals surface area contributed by atoms with Gasteiger partial charge in [-0.15, -0.1) is 17.0 Å². The van der Waals surface area contributed by atoms with Crippen molar-refractivity contribution in [1.82, 2.24) is 10.3 Å². The van der Waals surface area contributed by atoms with Gasteiger partial charge in [-0.05, 0) is 30.9 Å². The van der Waals surface area contributed by atoms with Crippen LogP contribution < -0.4 is 11.1 Å². The Balaban J connectivity index is 0.00000112. The summed E-state index contributed by atoms with van der Waals surface area (Å²) in [4.78, 5) is 4.45. The number of halogens is 1. The highest BCUT2D eigenvalue weighted by molar-refractivity contribution is 8.93. The lowest BCUT2D eigenvalue weighted by Gasteiger charge is -2.24. The second-order valence-electron chi connectivity index (χ2n) is 3.74. The minimum atomic E-state index is 0. The van der Waals surface area contributed by atoms with E-state index >= 15 is 0 Å². The minimum absolute atomic E-state index is 0. The third-order valence-electron chi connectivity index (χ3n) is 2.73. The summed E-state index contributed by atoms with van der Waals surface area (Å²) in [5.74, 6) is 0. The molecule has 1 aromatic rings. The summed E-state index contributed by atoms with van der Waals surface area (Å²) in [6, 6.07) is 4.62. The number of aryl methyl sites for hydroxylation is 1. The first-order valence-electron chi connectivity index (χ1n) is 5.29. The molecule has 1 atom stereocenters. The van der Waals surface area contributed by atoms with Crippen LogP contribution in [0.5, 0.6) is 0 Å². The Kier molecular flexibility index (Phi) is 5.22. The molecular formula is C11H18BrN3. The Hall–Kier alpha value is -0.450. The van der Waals surface area contributed by atoms with Gasteiger partial charge < -0.3 is 11.1 Å². The fourth-order valence-corrected chi connectivity index (χ4v) is 2.07. The molecular weight excluding hydrogens is 254 g/mol. The lowest BCUT2D eigenvalue weighted by Crippen LogP contribution is -2.30. The molecule has 0 spiro atoms. The van der Waals surface area contributed by atoms with Crippen molar-refractivity contribution in [3.63, 3.8) is 0 Å². The van der Waals surface area contributed by atoms with Crippen LogP contribution in [-0.2, 0) is 6.42 Å². The molecule has 1 heterocycles. The molecule has 4 heteroatoms. The molecule has 3 N–H and O–H groups in total. The number of nitrogens with one attached hydrogen (secondary N) is 1. The zero-order valence-electron chi connectivity index (χ0n) is 8.78. The number of nitrogens with zero attached hydrogens (tertiary/aromatic N) is 1. The Bertz CT molecular complexity index is 304. The zero-order chi connectivity index (χ0) is 9.80. The van der Waals surface area contributed by atoms with Crippen LogP contribution >= 0.6 is 17.0 Å². The average molecular weight is 272 g/mol. The standard InChI is InChI=1S/C11H17N3.BrH/c12-6-8-13-10-5-1-3-9-4-2-7-14-11(9)10;/h2,4,7,10,13H,1,3,5-6,8,12H2;1H. The van der Waals surface area contributed by atoms with Crippen LogP contribution in [0.25, 0.3) is 0 Å². The Labute approximate surface area is 101 Å². The summed E-state index contributed by atoms with van der Waals surface area (Å²) < 4.78 is 0. The summed E-state index contributed by atoms with van der Waals surface area (Å²) in [5.41, 5.74) is 8.11. The van der Waals surface area contributed by atoms with Crippen LogP contribution in [0.15, 0.2) is 18.3 Å². The fourth-order valence-electron chi connectivity index (χ4n) is 2.07. The summed E-state index contributed by atoms with van der Waals surface area (Å²) in [6.07, 6.45) is 5.48. The minimum Gasteiger partial charge on any atom is -0.329 e. The SMILES string of the molecule is Br.NCCNC1CCCc2cccnc21. The molecule has 0 radical (unpaired) electrons. The van der Waals surface area contributed by atoms with Gasteiger partial charge in [-0.1, -0.05) is 6.07 Å². The van der Waals surface area contributed by atoms with Crippen molar-refractivity contribution in [3.8, 4) is 0 Å². The van der Waals surface area contributed by atoms with Gasteiger partial charge >= 0.3 is 0 Å². The Morgan fingerprint density at radius 3 is 3.20 bits per heavy atom. The molecule has 0 aromatic carbocycles. The van der Waals surface area contributed by atoms with E-state index in [0.29, 0.717) is 12.6 Å². The first kappa shape index (κ1) is 12.6. The number of rotatable bonds is 3. The van der Waals surface area contributed by atoms with Gasteiger partial charge in [0.05, 0.1) is 5.69 Å². The quantitative estimate of drug-likeness (QED) is 0.878. The molecule has 1 unspecified atom stereocenters. The molecule has 0 fully saturated rings. The maximum atomic E-state index is 5.48. The molecule has 0 amide bonds. The molecule has 0 saturated carbocycles. The maximum absolute atomic E-state index is 5.48. The van der Waals surface area contributed by atoms with E-state index < -0.39 is 0 Å². The molecule has 0 bridgehead atoms. The van der Waals surface area contributed by atoms with Crippen LogP contribution in [0.4, 0.5) is 0 Å². The monoisotopic (exact) mass is 271 g/mol. The Morgan fingerprint density at radius 2 is 2.40 bits per heavy atom. The van der Waals surface area contributed by atoms with Crippen molar-refractivity contribution >= 4 is 17.0 Å². The number of hydrogen-bond donors (Lipinski definition) is 2. The largest absolute Gasteiger partial charge is 0.329 e. The molecule has 1 aliphatic rings. The Morgan fingerprint density at radius 1 is 1.53 bits per heavy atom. The van der Waals surface area contributed by atoms with Gasteiger partial charge in [0.15, 0.2) is 0 Å². The van der Waals surface area contributed by atoms with E-state index in [1.807, 2.05) is 12.3 Å². The van der Waals surface area contributed by atoms with Gasteiger partial charge in [-0.3, -0.25) is 4.98 Å². The first-order valence-corrected chi connectivity index (χ1v) is 5.29. The molecule has 84 valence electrons. The van der Waals surface area contributed by atoms with Crippen LogP contribution in [0.3, 0.4) is 0 Å². The second kappa shape index (κ2) is 6.20. The highest BCUT2D eigenvalue weighted by Gasteiger charge is 2.19. The smallest absolute Gasteiger partial charge is 0.0605 e. The molecule has 3 nitrogen and oxygen atoms in total. The van der Waals surface area contributed by atoms with Crippen molar-refractivity contribution in [2.75, 3.05) is 13.1 Å². The molecule has 1 aliphatic carbocycles. The van der Waals surface area contributed by atoms with Crippen molar-refractivity contribution in [2.24, 2.45) is 5.73 Å². The van der Waals surface area contributed by atoms with Gasteiger partial charge in [-0.2, -0.15) is 0 Å².